The van der Waals surface area contributed by atoms with Crippen LogP contribution < -0.4 is 4.90 Å². The fourth-order valence-corrected chi connectivity index (χ4v) is 6.17. The number of benzene rings is 1. The number of carbonyl (C=O) groups excluding carboxylic acids is 1. The number of aromatic nitrogens is 6. The maximum absolute atomic E-state index is 13.5. The van der Waals surface area contributed by atoms with Gasteiger partial charge in [-0.1, -0.05) is 41.6 Å². The van der Waals surface area contributed by atoms with Crippen LogP contribution in [0.5, 0.6) is 0 Å². The van der Waals surface area contributed by atoms with Gasteiger partial charge in [0.05, 0.1) is 61.6 Å². The van der Waals surface area contributed by atoms with Crippen molar-refractivity contribution in [2.75, 3.05) is 37.8 Å². The molecule has 3 aliphatic rings. The van der Waals surface area contributed by atoms with E-state index in [1.54, 1.807) is 11.6 Å². The van der Waals surface area contributed by atoms with Crippen molar-refractivity contribution in [2.45, 2.75) is 84.8 Å². The molecule has 6 heterocycles. The van der Waals surface area contributed by atoms with Crippen molar-refractivity contribution in [2.24, 2.45) is 0 Å². The lowest BCUT2D eigenvalue weighted by molar-refractivity contribution is -0.166. The standard InChI is InChI=1S/C35H45N7O5/c1-7-45-33(43)31(47-34(3,4)5)30-24(2)36-29-20-26-21-41-22-28(37-39-41)27-13-9-8-12-25(27)23-44-18-10-11-19-46-35(6)14-16-40(17-15-35)32(30)42(29)38-26/h8-13,20,22,31H,7,14-19,21,23H2,1-6H3/b11-10-/t31-/m0/s1. The van der Waals surface area contributed by atoms with Crippen LogP contribution in [-0.2, 0) is 36.9 Å². The first-order chi connectivity index (χ1) is 22.5. The van der Waals surface area contributed by atoms with Crippen molar-refractivity contribution in [3.63, 3.8) is 0 Å². The van der Waals surface area contributed by atoms with Crippen molar-refractivity contribution in [3.8, 4) is 11.3 Å². The van der Waals surface area contributed by atoms with Crippen LogP contribution in [0.1, 0.15) is 76.1 Å². The molecule has 1 saturated heterocycles. The Morgan fingerprint density at radius 1 is 1.13 bits per heavy atom. The van der Waals surface area contributed by atoms with Crippen LogP contribution >= 0.6 is 0 Å². The number of rotatable bonds is 4. The molecule has 12 nitrogen and oxygen atoms in total. The van der Waals surface area contributed by atoms with E-state index in [9.17, 15) is 4.79 Å². The molecule has 12 heteroatoms. The number of ether oxygens (including phenoxy) is 4. The molecule has 0 unspecified atom stereocenters. The van der Waals surface area contributed by atoms with Gasteiger partial charge < -0.3 is 23.8 Å². The molecule has 0 N–H and O–H groups in total. The Kier molecular flexibility index (Phi) is 9.45. The second kappa shape index (κ2) is 13.5. The highest BCUT2D eigenvalue weighted by Gasteiger charge is 2.38. The first-order valence-corrected chi connectivity index (χ1v) is 16.4. The minimum Gasteiger partial charge on any atom is -0.464 e. The molecule has 0 spiro atoms. The van der Waals surface area contributed by atoms with Gasteiger partial charge in [-0.05, 0) is 59.9 Å². The predicted octanol–water partition coefficient (Wildman–Crippen LogP) is 5.23. The van der Waals surface area contributed by atoms with Crippen molar-refractivity contribution in [1.82, 2.24) is 29.6 Å². The van der Waals surface area contributed by atoms with E-state index >= 15 is 0 Å². The van der Waals surface area contributed by atoms with Crippen LogP contribution in [0.2, 0.25) is 0 Å². The Bertz CT molecular complexity index is 1750. The molecule has 0 amide bonds. The van der Waals surface area contributed by atoms with Crippen LogP contribution in [0.25, 0.3) is 16.9 Å². The minimum atomic E-state index is -0.987. The van der Waals surface area contributed by atoms with E-state index in [4.69, 9.17) is 29.0 Å². The fourth-order valence-electron chi connectivity index (χ4n) is 6.17. The Morgan fingerprint density at radius 2 is 1.89 bits per heavy atom. The maximum Gasteiger partial charge on any atom is 0.340 e. The number of anilines is 1. The molecule has 4 aromatic rings. The van der Waals surface area contributed by atoms with Crippen LogP contribution in [0.4, 0.5) is 5.82 Å². The van der Waals surface area contributed by atoms with Crippen molar-refractivity contribution in [3.05, 3.63) is 71.2 Å². The predicted molar refractivity (Wildman–Crippen MR) is 177 cm³/mol. The molecule has 3 aromatic heterocycles. The molecule has 7 rings (SSSR count). The van der Waals surface area contributed by atoms with E-state index in [0.717, 1.165) is 41.2 Å². The van der Waals surface area contributed by atoms with Crippen molar-refractivity contribution >= 4 is 17.4 Å². The van der Waals surface area contributed by atoms with E-state index in [2.05, 4.69) is 22.1 Å². The zero-order valence-corrected chi connectivity index (χ0v) is 28.2. The molecule has 0 saturated carbocycles. The zero-order chi connectivity index (χ0) is 33.2. The van der Waals surface area contributed by atoms with Gasteiger partial charge in [0.2, 0.25) is 0 Å². The van der Waals surface area contributed by atoms with Crippen LogP contribution in [0, 0.1) is 6.92 Å². The number of fused-ring (bicyclic) bond motifs is 7. The molecule has 1 aromatic carbocycles. The lowest BCUT2D eigenvalue weighted by atomic mass is 9.92. The number of nitrogens with zero attached hydrogens (tertiary/aromatic N) is 7. The highest BCUT2D eigenvalue weighted by molar-refractivity contribution is 5.80. The molecule has 47 heavy (non-hydrogen) atoms. The number of carbonyl (C=O) groups is 1. The molecule has 1 fully saturated rings. The summed E-state index contributed by atoms with van der Waals surface area (Å²) >= 11 is 0. The largest absolute Gasteiger partial charge is 0.464 e. The summed E-state index contributed by atoms with van der Waals surface area (Å²) in [5.41, 5.74) is 4.62. The molecule has 6 bridgehead atoms. The number of piperidine rings is 1. The van der Waals surface area contributed by atoms with E-state index in [1.807, 2.05) is 80.9 Å². The van der Waals surface area contributed by atoms with Gasteiger partial charge in [-0.2, -0.15) is 9.61 Å². The van der Waals surface area contributed by atoms with Gasteiger partial charge in [0.25, 0.3) is 0 Å². The second-order valence-electron chi connectivity index (χ2n) is 13.4. The topological polar surface area (TPSA) is 118 Å². The molecular weight excluding hydrogens is 598 g/mol. The van der Waals surface area contributed by atoms with Gasteiger partial charge in [-0.25, -0.2) is 14.5 Å². The number of hydrogen-bond donors (Lipinski definition) is 0. The highest BCUT2D eigenvalue weighted by Crippen LogP contribution is 2.38. The summed E-state index contributed by atoms with van der Waals surface area (Å²) in [5.74, 6) is 0.327. The number of esters is 1. The lowest BCUT2D eigenvalue weighted by Gasteiger charge is -2.41. The highest BCUT2D eigenvalue weighted by atomic mass is 16.6. The summed E-state index contributed by atoms with van der Waals surface area (Å²) in [6, 6.07) is 10.0. The minimum absolute atomic E-state index is 0.239. The van der Waals surface area contributed by atoms with Crippen LogP contribution in [-0.4, -0.2) is 79.7 Å². The monoisotopic (exact) mass is 643 g/mol. The van der Waals surface area contributed by atoms with Gasteiger partial charge in [-0.15, -0.1) is 5.10 Å². The number of hydrogen-bond acceptors (Lipinski definition) is 10. The Balaban J connectivity index is 1.46. The number of aryl methyl sites for hydroxylation is 1. The smallest absolute Gasteiger partial charge is 0.340 e. The molecule has 0 aliphatic carbocycles. The summed E-state index contributed by atoms with van der Waals surface area (Å²) in [6.07, 6.45) is 6.53. The van der Waals surface area contributed by atoms with Gasteiger partial charge in [0.15, 0.2) is 11.8 Å². The lowest BCUT2D eigenvalue weighted by Crippen LogP contribution is -2.45. The third-order valence-corrected chi connectivity index (χ3v) is 8.53. The van der Waals surface area contributed by atoms with Crippen molar-refractivity contribution < 1.29 is 23.7 Å². The van der Waals surface area contributed by atoms with Crippen LogP contribution in [0.15, 0.2) is 48.7 Å². The summed E-state index contributed by atoms with van der Waals surface area (Å²) in [4.78, 5) is 20.7. The zero-order valence-electron chi connectivity index (χ0n) is 28.2. The molecule has 3 aliphatic heterocycles. The summed E-state index contributed by atoms with van der Waals surface area (Å²) in [5, 5.41) is 14.0. The summed E-state index contributed by atoms with van der Waals surface area (Å²) in [6.45, 7) is 15.1. The molecular formula is C35H45N7O5. The average Bonchev–Trinajstić information content (AvgIpc) is 3.65. The normalized spacial score (nSPS) is 18.5. The third kappa shape index (κ3) is 7.39. The van der Waals surface area contributed by atoms with Crippen molar-refractivity contribution in [1.29, 1.82) is 0 Å². The van der Waals surface area contributed by atoms with E-state index in [0.29, 0.717) is 56.4 Å². The maximum atomic E-state index is 13.5. The van der Waals surface area contributed by atoms with Gasteiger partial charge in [-0.3, -0.25) is 0 Å². The van der Waals surface area contributed by atoms with Crippen LogP contribution in [0.3, 0.4) is 0 Å². The van der Waals surface area contributed by atoms with Gasteiger partial charge in [0.1, 0.15) is 11.5 Å². The first kappa shape index (κ1) is 32.8. The third-order valence-electron chi connectivity index (χ3n) is 8.53. The van der Waals surface area contributed by atoms with Gasteiger partial charge >= 0.3 is 5.97 Å². The summed E-state index contributed by atoms with van der Waals surface area (Å²) in [7, 11) is 0. The molecule has 1 atom stereocenters. The molecule has 250 valence electrons. The quantitative estimate of drug-likeness (QED) is 0.216. The Morgan fingerprint density at radius 3 is 2.66 bits per heavy atom. The second-order valence-corrected chi connectivity index (χ2v) is 13.4. The Labute approximate surface area is 275 Å². The Hall–Kier alpha value is -4.13. The van der Waals surface area contributed by atoms with Gasteiger partial charge in [0, 0.05) is 30.4 Å². The van der Waals surface area contributed by atoms with E-state index in [1.165, 1.54) is 0 Å². The molecule has 0 radical (unpaired) electrons. The van der Waals surface area contributed by atoms with E-state index in [-0.39, 0.29) is 12.2 Å². The average molecular weight is 644 g/mol. The summed E-state index contributed by atoms with van der Waals surface area (Å²) < 4.78 is 28.0. The first-order valence-electron chi connectivity index (χ1n) is 16.4. The van der Waals surface area contributed by atoms with E-state index < -0.39 is 17.7 Å². The fraction of sp³-hybridized carbons (Fsp3) is 0.514. The SMILES string of the molecule is CCOC(=O)[C@@H](OC(C)(C)C)c1c(C)nc2cc3nn2c1N1CCC(C)(CC1)OC/C=C\COCc1ccccc1-c1cn(nn1)C3.